The van der Waals surface area contributed by atoms with Crippen LogP contribution in [0.5, 0.6) is 0 Å². The normalized spacial score (nSPS) is 13.5. The van der Waals surface area contributed by atoms with Gasteiger partial charge in [0.1, 0.15) is 5.76 Å². The van der Waals surface area contributed by atoms with E-state index < -0.39 is 5.91 Å². The van der Waals surface area contributed by atoms with Gasteiger partial charge in [-0.2, -0.15) is 0 Å². The lowest BCUT2D eigenvalue weighted by molar-refractivity contribution is 0.0746. The van der Waals surface area contributed by atoms with E-state index in [1.165, 1.54) is 0 Å². The smallest absolute Gasteiger partial charge is 0.291 e. The van der Waals surface area contributed by atoms with Gasteiger partial charge in [-0.3, -0.25) is 9.59 Å². The van der Waals surface area contributed by atoms with Crippen LogP contribution in [0.4, 0.5) is 11.4 Å². The summed E-state index contributed by atoms with van der Waals surface area (Å²) in [5.74, 6) is 0.225. The standard InChI is InChI=1S/C28H22Cl3N3O3/c29-19-6-8-21(22(30)16-19)25-10-11-26(37-25)27(35)32-20-7-9-24(23(31)17-20)33-12-14-34(15-13-33)28(36)18-4-2-1-3-5-18/h1-11,16-17H,12-15H2,(H,32,35). The summed E-state index contributed by atoms with van der Waals surface area (Å²) in [6.45, 7) is 2.51. The van der Waals surface area contributed by atoms with Crippen molar-refractivity contribution in [1.82, 2.24) is 4.90 Å². The summed E-state index contributed by atoms with van der Waals surface area (Å²) >= 11 is 18.8. The molecule has 3 aromatic carbocycles. The molecule has 1 aromatic heterocycles. The van der Waals surface area contributed by atoms with Gasteiger partial charge < -0.3 is 19.5 Å². The highest BCUT2D eigenvalue weighted by atomic mass is 35.5. The second-order valence-corrected chi connectivity index (χ2v) is 9.80. The van der Waals surface area contributed by atoms with Crippen LogP contribution in [0.2, 0.25) is 15.1 Å². The Morgan fingerprint density at radius 1 is 0.784 bits per heavy atom. The Morgan fingerprint density at radius 3 is 2.24 bits per heavy atom. The van der Waals surface area contributed by atoms with Crippen molar-refractivity contribution < 1.29 is 14.0 Å². The maximum absolute atomic E-state index is 12.8. The minimum absolute atomic E-state index is 0.0313. The number of furan rings is 1. The van der Waals surface area contributed by atoms with Gasteiger partial charge in [0.15, 0.2) is 5.76 Å². The van der Waals surface area contributed by atoms with Crippen LogP contribution in [0.3, 0.4) is 0 Å². The molecule has 0 atom stereocenters. The minimum Gasteiger partial charge on any atom is -0.451 e. The van der Waals surface area contributed by atoms with E-state index in [0.29, 0.717) is 63.8 Å². The first kappa shape index (κ1) is 25.2. The number of nitrogens with zero attached hydrogens (tertiary/aromatic N) is 2. The van der Waals surface area contributed by atoms with E-state index in [1.54, 1.807) is 42.5 Å². The number of carbonyl (C=O) groups excluding carboxylic acids is 2. The first-order valence-electron chi connectivity index (χ1n) is 11.6. The Balaban J connectivity index is 1.21. The van der Waals surface area contributed by atoms with E-state index in [-0.39, 0.29) is 11.7 Å². The van der Waals surface area contributed by atoms with Crippen LogP contribution in [0, 0.1) is 0 Å². The van der Waals surface area contributed by atoms with Gasteiger partial charge in [-0.15, -0.1) is 0 Å². The Morgan fingerprint density at radius 2 is 1.54 bits per heavy atom. The predicted molar refractivity (Wildman–Crippen MR) is 148 cm³/mol. The highest BCUT2D eigenvalue weighted by molar-refractivity contribution is 6.36. The fourth-order valence-electron chi connectivity index (χ4n) is 4.24. The molecule has 0 saturated carbocycles. The molecule has 0 unspecified atom stereocenters. The van der Waals surface area contributed by atoms with Crippen molar-refractivity contribution in [3.8, 4) is 11.3 Å². The SMILES string of the molecule is O=C(Nc1ccc(N2CCN(C(=O)c3ccccc3)CC2)c(Cl)c1)c1ccc(-c2ccc(Cl)cc2Cl)o1. The first-order valence-corrected chi connectivity index (χ1v) is 12.8. The first-order chi connectivity index (χ1) is 17.9. The Bertz CT molecular complexity index is 1450. The van der Waals surface area contributed by atoms with E-state index in [9.17, 15) is 9.59 Å². The third-order valence-electron chi connectivity index (χ3n) is 6.16. The number of anilines is 2. The molecule has 0 radical (unpaired) electrons. The van der Waals surface area contributed by atoms with Crippen LogP contribution >= 0.6 is 34.8 Å². The quantitative estimate of drug-likeness (QED) is 0.285. The molecular weight excluding hydrogens is 533 g/mol. The summed E-state index contributed by atoms with van der Waals surface area (Å²) in [4.78, 5) is 29.5. The minimum atomic E-state index is -0.409. The van der Waals surface area contributed by atoms with Gasteiger partial charge in [-0.05, 0) is 60.7 Å². The van der Waals surface area contributed by atoms with Gasteiger partial charge in [0, 0.05) is 48.0 Å². The Hall–Kier alpha value is -3.45. The molecule has 2 amide bonds. The topological polar surface area (TPSA) is 65.8 Å². The van der Waals surface area contributed by atoms with Crippen LogP contribution in [0.1, 0.15) is 20.9 Å². The average Bonchev–Trinajstić information content (AvgIpc) is 3.39. The molecule has 1 aliphatic heterocycles. The van der Waals surface area contributed by atoms with Gasteiger partial charge >= 0.3 is 0 Å². The number of benzene rings is 3. The number of hydrogen-bond donors (Lipinski definition) is 1. The van der Waals surface area contributed by atoms with Gasteiger partial charge in [-0.1, -0.05) is 53.0 Å². The van der Waals surface area contributed by atoms with Crippen molar-refractivity contribution in [2.24, 2.45) is 0 Å². The largest absolute Gasteiger partial charge is 0.451 e. The van der Waals surface area contributed by atoms with Crippen molar-refractivity contribution in [2.75, 3.05) is 36.4 Å². The Kier molecular flexibility index (Phi) is 7.42. The molecule has 0 spiro atoms. The van der Waals surface area contributed by atoms with Gasteiger partial charge in [0.05, 0.1) is 15.7 Å². The molecule has 1 fully saturated rings. The van der Waals surface area contributed by atoms with Crippen LogP contribution in [0.25, 0.3) is 11.3 Å². The molecule has 1 saturated heterocycles. The number of amides is 2. The predicted octanol–water partition coefficient (Wildman–Crippen LogP) is 7.12. The lowest BCUT2D eigenvalue weighted by Gasteiger charge is -2.36. The molecular formula is C28H22Cl3N3O3. The number of rotatable bonds is 5. The molecule has 1 N–H and O–H groups in total. The molecule has 6 nitrogen and oxygen atoms in total. The Labute approximate surface area is 229 Å². The lowest BCUT2D eigenvalue weighted by Crippen LogP contribution is -2.48. The number of halogens is 3. The molecule has 0 bridgehead atoms. The van der Waals surface area contributed by atoms with Crippen LogP contribution in [-0.2, 0) is 0 Å². The molecule has 4 aromatic rings. The number of carbonyl (C=O) groups is 2. The number of piperazine rings is 1. The second-order valence-electron chi connectivity index (χ2n) is 8.55. The number of nitrogens with one attached hydrogen (secondary N) is 1. The summed E-state index contributed by atoms with van der Waals surface area (Å²) in [6.07, 6.45) is 0. The van der Waals surface area contributed by atoms with Crippen molar-refractivity contribution >= 4 is 58.0 Å². The van der Waals surface area contributed by atoms with E-state index >= 15 is 0 Å². The second kappa shape index (κ2) is 10.9. The van der Waals surface area contributed by atoms with E-state index in [1.807, 2.05) is 41.3 Å². The van der Waals surface area contributed by atoms with Crippen molar-refractivity contribution in [3.63, 3.8) is 0 Å². The fraction of sp³-hybridized carbons (Fsp3) is 0.143. The van der Waals surface area contributed by atoms with Crippen molar-refractivity contribution in [3.05, 3.63) is 105 Å². The summed E-state index contributed by atoms with van der Waals surface area (Å²) in [5.41, 5.74) is 2.72. The van der Waals surface area contributed by atoms with E-state index in [4.69, 9.17) is 39.2 Å². The summed E-state index contributed by atoms with van der Waals surface area (Å²) in [7, 11) is 0. The highest BCUT2D eigenvalue weighted by Crippen LogP contribution is 2.33. The summed E-state index contributed by atoms with van der Waals surface area (Å²) in [5, 5.41) is 4.27. The molecule has 188 valence electrons. The zero-order valence-electron chi connectivity index (χ0n) is 19.6. The van der Waals surface area contributed by atoms with Gasteiger partial charge in [0.2, 0.25) is 0 Å². The molecule has 37 heavy (non-hydrogen) atoms. The summed E-state index contributed by atoms with van der Waals surface area (Å²) < 4.78 is 5.72. The zero-order valence-corrected chi connectivity index (χ0v) is 21.9. The monoisotopic (exact) mass is 553 g/mol. The molecule has 9 heteroatoms. The third-order valence-corrected chi connectivity index (χ3v) is 7.01. The molecule has 2 heterocycles. The van der Waals surface area contributed by atoms with E-state index in [2.05, 4.69) is 10.2 Å². The maximum Gasteiger partial charge on any atom is 0.291 e. The lowest BCUT2D eigenvalue weighted by atomic mass is 10.1. The summed E-state index contributed by atoms with van der Waals surface area (Å²) in [6, 6.07) is 23.0. The van der Waals surface area contributed by atoms with Crippen LogP contribution in [-0.4, -0.2) is 42.9 Å². The van der Waals surface area contributed by atoms with Gasteiger partial charge in [0.25, 0.3) is 11.8 Å². The molecule has 1 aliphatic rings. The van der Waals surface area contributed by atoms with Crippen molar-refractivity contribution in [2.45, 2.75) is 0 Å². The molecule has 0 aliphatic carbocycles. The third kappa shape index (κ3) is 5.62. The van der Waals surface area contributed by atoms with Gasteiger partial charge in [-0.25, -0.2) is 0 Å². The molecule has 5 rings (SSSR count). The maximum atomic E-state index is 12.8. The highest BCUT2D eigenvalue weighted by Gasteiger charge is 2.23. The van der Waals surface area contributed by atoms with Crippen LogP contribution < -0.4 is 10.2 Å². The van der Waals surface area contributed by atoms with Crippen molar-refractivity contribution in [1.29, 1.82) is 0 Å². The average molecular weight is 555 g/mol. The number of hydrogen-bond acceptors (Lipinski definition) is 4. The van der Waals surface area contributed by atoms with Crippen LogP contribution in [0.15, 0.2) is 83.3 Å². The zero-order chi connectivity index (χ0) is 25.9. The van der Waals surface area contributed by atoms with E-state index in [0.717, 1.165) is 5.69 Å². The fourth-order valence-corrected chi connectivity index (χ4v) is 5.04.